The molecular formula is C14H18O4. The summed E-state index contributed by atoms with van der Waals surface area (Å²) >= 11 is 0. The SMILES string of the molecule is COc1ccc(C(=O)C(OC)C2CC2)cc1OC. The van der Waals surface area contributed by atoms with E-state index < -0.39 is 0 Å². The van der Waals surface area contributed by atoms with Crippen molar-refractivity contribution in [3.8, 4) is 11.5 Å². The molecule has 0 bridgehead atoms. The first kappa shape index (κ1) is 12.9. The van der Waals surface area contributed by atoms with Crippen LogP contribution in [0.3, 0.4) is 0 Å². The summed E-state index contributed by atoms with van der Waals surface area (Å²) < 4.78 is 15.6. The molecule has 0 radical (unpaired) electrons. The molecule has 0 spiro atoms. The van der Waals surface area contributed by atoms with Gasteiger partial charge in [0.15, 0.2) is 17.3 Å². The van der Waals surface area contributed by atoms with Crippen LogP contribution in [0.4, 0.5) is 0 Å². The molecule has 18 heavy (non-hydrogen) atoms. The smallest absolute Gasteiger partial charge is 0.191 e. The summed E-state index contributed by atoms with van der Waals surface area (Å²) in [5, 5.41) is 0. The zero-order valence-corrected chi connectivity index (χ0v) is 10.9. The van der Waals surface area contributed by atoms with Crippen molar-refractivity contribution in [2.45, 2.75) is 18.9 Å². The Hall–Kier alpha value is -1.55. The largest absolute Gasteiger partial charge is 0.493 e. The highest BCUT2D eigenvalue weighted by Crippen LogP contribution is 2.36. The quantitative estimate of drug-likeness (QED) is 0.727. The highest BCUT2D eigenvalue weighted by Gasteiger charge is 2.36. The summed E-state index contributed by atoms with van der Waals surface area (Å²) in [7, 11) is 4.71. The zero-order valence-electron chi connectivity index (χ0n) is 10.9. The Balaban J connectivity index is 2.24. The molecule has 4 nitrogen and oxygen atoms in total. The van der Waals surface area contributed by atoms with E-state index in [1.807, 2.05) is 0 Å². The van der Waals surface area contributed by atoms with Gasteiger partial charge in [0.25, 0.3) is 0 Å². The maximum absolute atomic E-state index is 12.3. The average molecular weight is 250 g/mol. The van der Waals surface area contributed by atoms with Gasteiger partial charge in [-0.1, -0.05) is 0 Å². The van der Waals surface area contributed by atoms with Crippen LogP contribution in [-0.4, -0.2) is 33.2 Å². The normalized spacial score (nSPS) is 16.2. The van der Waals surface area contributed by atoms with Gasteiger partial charge in [0.2, 0.25) is 0 Å². The summed E-state index contributed by atoms with van der Waals surface area (Å²) in [6, 6.07) is 5.19. The number of carbonyl (C=O) groups is 1. The van der Waals surface area contributed by atoms with E-state index in [0.717, 1.165) is 12.8 Å². The molecule has 0 amide bonds. The van der Waals surface area contributed by atoms with E-state index >= 15 is 0 Å². The van der Waals surface area contributed by atoms with Crippen molar-refractivity contribution >= 4 is 5.78 Å². The fourth-order valence-corrected chi connectivity index (χ4v) is 2.07. The first-order valence-corrected chi connectivity index (χ1v) is 6.00. The van der Waals surface area contributed by atoms with Gasteiger partial charge in [0, 0.05) is 12.7 Å². The van der Waals surface area contributed by atoms with Crippen molar-refractivity contribution in [3.63, 3.8) is 0 Å². The maximum Gasteiger partial charge on any atom is 0.191 e. The number of rotatable bonds is 6. The monoisotopic (exact) mass is 250 g/mol. The van der Waals surface area contributed by atoms with Gasteiger partial charge in [-0.3, -0.25) is 4.79 Å². The van der Waals surface area contributed by atoms with Gasteiger partial charge in [-0.2, -0.15) is 0 Å². The van der Waals surface area contributed by atoms with Crippen molar-refractivity contribution in [2.24, 2.45) is 5.92 Å². The number of ether oxygens (including phenoxy) is 3. The minimum atomic E-state index is -0.330. The van der Waals surface area contributed by atoms with Crippen LogP contribution in [0, 0.1) is 5.92 Å². The number of ketones is 1. The molecule has 2 rings (SSSR count). The van der Waals surface area contributed by atoms with Gasteiger partial charge >= 0.3 is 0 Å². The minimum absolute atomic E-state index is 0.0148. The fraction of sp³-hybridized carbons (Fsp3) is 0.500. The summed E-state index contributed by atoms with van der Waals surface area (Å²) in [5.74, 6) is 1.57. The Morgan fingerprint density at radius 3 is 2.33 bits per heavy atom. The molecule has 1 aromatic carbocycles. The number of methoxy groups -OCH3 is 3. The Bertz CT molecular complexity index is 437. The standard InChI is InChI=1S/C14H18O4/c1-16-11-7-6-10(8-12(11)17-2)13(15)14(18-3)9-4-5-9/h6-9,14H,4-5H2,1-3H3. The van der Waals surface area contributed by atoms with Crippen molar-refractivity contribution in [3.05, 3.63) is 23.8 Å². The molecule has 1 atom stereocenters. The van der Waals surface area contributed by atoms with E-state index in [2.05, 4.69) is 0 Å². The van der Waals surface area contributed by atoms with Gasteiger partial charge in [-0.15, -0.1) is 0 Å². The van der Waals surface area contributed by atoms with Crippen molar-refractivity contribution in [1.29, 1.82) is 0 Å². The number of hydrogen-bond acceptors (Lipinski definition) is 4. The van der Waals surface area contributed by atoms with E-state index in [9.17, 15) is 4.79 Å². The first-order valence-electron chi connectivity index (χ1n) is 6.00. The van der Waals surface area contributed by atoms with E-state index in [1.165, 1.54) is 0 Å². The summed E-state index contributed by atoms with van der Waals surface area (Å²) in [5.41, 5.74) is 0.603. The number of carbonyl (C=O) groups excluding carboxylic acids is 1. The Labute approximate surface area is 107 Å². The number of benzene rings is 1. The van der Waals surface area contributed by atoms with Gasteiger partial charge < -0.3 is 14.2 Å². The highest BCUT2D eigenvalue weighted by atomic mass is 16.5. The molecule has 0 N–H and O–H groups in total. The lowest BCUT2D eigenvalue weighted by atomic mass is 10.0. The van der Waals surface area contributed by atoms with Gasteiger partial charge in [-0.05, 0) is 37.0 Å². The molecule has 1 fully saturated rings. The van der Waals surface area contributed by atoms with E-state index in [-0.39, 0.29) is 11.9 Å². The van der Waals surface area contributed by atoms with Gasteiger partial charge in [0.1, 0.15) is 6.10 Å². The second-order valence-electron chi connectivity index (χ2n) is 4.43. The van der Waals surface area contributed by atoms with Crippen LogP contribution < -0.4 is 9.47 Å². The third-order valence-corrected chi connectivity index (χ3v) is 3.23. The van der Waals surface area contributed by atoms with Crippen LogP contribution in [0.2, 0.25) is 0 Å². The third kappa shape index (κ3) is 2.48. The van der Waals surface area contributed by atoms with Crippen LogP contribution in [0.1, 0.15) is 23.2 Å². The predicted molar refractivity (Wildman–Crippen MR) is 67.4 cm³/mol. The van der Waals surface area contributed by atoms with E-state index in [1.54, 1.807) is 39.5 Å². The Kier molecular flexibility index (Phi) is 3.87. The Morgan fingerprint density at radius 1 is 1.17 bits per heavy atom. The molecule has 0 saturated heterocycles. The fourth-order valence-electron chi connectivity index (χ4n) is 2.07. The second kappa shape index (κ2) is 5.40. The van der Waals surface area contributed by atoms with Crippen LogP contribution in [0.25, 0.3) is 0 Å². The second-order valence-corrected chi connectivity index (χ2v) is 4.43. The molecule has 98 valence electrons. The molecule has 1 saturated carbocycles. The van der Waals surface area contributed by atoms with Crippen LogP contribution in [-0.2, 0) is 4.74 Å². The molecular weight excluding hydrogens is 232 g/mol. The molecule has 0 aromatic heterocycles. The molecule has 1 aliphatic carbocycles. The van der Waals surface area contributed by atoms with E-state index in [0.29, 0.717) is 23.0 Å². The molecule has 1 aliphatic rings. The van der Waals surface area contributed by atoms with Crippen molar-refractivity contribution < 1.29 is 19.0 Å². The summed E-state index contributed by atoms with van der Waals surface area (Å²) in [6.45, 7) is 0. The minimum Gasteiger partial charge on any atom is -0.493 e. The molecule has 0 aliphatic heterocycles. The topological polar surface area (TPSA) is 44.8 Å². The number of hydrogen-bond donors (Lipinski definition) is 0. The predicted octanol–water partition coefficient (Wildman–Crippen LogP) is 2.31. The van der Waals surface area contributed by atoms with Crippen LogP contribution in [0.5, 0.6) is 11.5 Å². The van der Waals surface area contributed by atoms with Gasteiger partial charge in [-0.25, -0.2) is 0 Å². The van der Waals surface area contributed by atoms with Crippen molar-refractivity contribution in [1.82, 2.24) is 0 Å². The van der Waals surface area contributed by atoms with E-state index in [4.69, 9.17) is 14.2 Å². The lowest BCUT2D eigenvalue weighted by Crippen LogP contribution is -2.25. The molecule has 1 aromatic rings. The van der Waals surface area contributed by atoms with Crippen LogP contribution >= 0.6 is 0 Å². The summed E-state index contributed by atoms with van der Waals surface area (Å²) in [4.78, 5) is 12.3. The zero-order chi connectivity index (χ0) is 13.1. The van der Waals surface area contributed by atoms with Crippen LogP contribution in [0.15, 0.2) is 18.2 Å². The molecule has 4 heteroatoms. The average Bonchev–Trinajstić information content (AvgIpc) is 3.23. The lowest BCUT2D eigenvalue weighted by Gasteiger charge is -2.14. The lowest BCUT2D eigenvalue weighted by molar-refractivity contribution is 0.0539. The molecule has 0 heterocycles. The highest BCUT2D eigenvalue weighted by molar-refractivity contribution is 6.00. The maximum atomic E-state index is 12.3. The number of Topliss-reactive ketones (excluding diaryl/α,β-unsaturated/α-hetero) is 1. The molecule has 1 unspecified atom stereocenters. The third-order valence-electron chi connectivity index (χ3n) is 3.23. The van der Waals surface area contributed by atoms with Crippen molar-refractivity contribution in [2.75, 3.05) is 21.3 Å². The van der Waals surface area contributed by atoms with Gasteiger partial charge in [0.05, 0.1) is 14.2 Å². The Morgan fingerprint density at radius 2 is 1.83 bits per heavy atom. The summed E-state index contributed by atoms with van der Waals surface area (Å²) in [6.07, 6.45) is 1.80. The first-order chi connectivity index (χ1) is 8.71.